The molecular formula is C18H28N4O3. The van der Waals surface area contributed by atoms with E-state index in [1.54, 1.807) is 18.7 Å². The van der Waals surface area contributed by atoms with Gasteiger partial charge in [0.15, 0.2) is 0 Å². The molecule has 2 amide bonds. The van der Waals surface area contributed by atoms with Gasteiger partial charge in [-0.3, -0.25) is 14.3 Å². The summed E-state index contributed by atoms with van der Waals surface area (Å²) in [4.78, 5) is 28.6. The second-order valence-corrected chi connectivity index (χ2v) is 7.38. The number of aryl methyl sites for hydroxylation is 2. The summed E-state index contributed by atoms with van der Waals surface area (Å²) in [7, 11) is 1.71. The number of piperidine rings is 1. The van der Waals surface area contributed by atoms with Crippen molar-refractivity contribution in [1.82, 2.24) is 19.6 Å². The first-order chi connectivity index (χ1) is 11.9. The molecule has 2 fully saturated rings. The molecule has 0 saturated carbocycles. The monoisotopic (exact) mass is 348 g/mol. The predicted octanol–water partition coefficient (Wildman–Crippen LogP) is 1.17. The van der Waals surface area contributed by atoms with Crippen molar-refractivity contribution < 1.29 is 14.3 Å². The molecule has 7 heteroatoms. The number of amides is 2. The lowest BCUT2D eigenvalue weighted by Crippen LogP contribution is -2.50. The molecule has 0 N–H and O–H groups in total. The van der Waals surface area contributed by atoms with Crippen LogP contribution in [0.25, 0.3) is 0 Å². The van der Waals surface area contributed by atoms with E-state index in [9.17, 15) is 9.59 Å². The van der Waals surface area contributed by atoms with Crippen LogP contribution in [0.1, 0.15) is 36.3 Å². The van der Waals surface area contributed by atoms with Gasteiger partial charge in [-0.1, -0.05) is 0 Å². The Labute approximate surface area is 148 Å². The number of ether oxygens (including phenoxy) is 1. The standard InChI is InChI=1S/C18H28N4O3/c1-5-22-10-16(13(2)19-22)17(24)20-7-6-18(12-25-4)11-21(14(3)23)9-15(18)8-20/h10,15H,5-9,11-12H2,1-4H3/t15-,18+/m1/s1. The summed E-state index contributed by atoms with van der Waals surface area (Å²) in [6.07, 6.45) is 2.70. The Morgan fingerprint density at radius 2 is 2.08 bits per heavy atom. The lowest BCUT2D eigenvalue weighted by molar-refractivity contribution is -0.128. The molecular weight excluding hydrogens is 320 g/mol. The van der Waals surface area contributed by atoms with Crippen LogP contribution in [0.15, 0.2) is 6.20 Å². The molecule has 0 aromatic carbocycles. The highest BCUT2D eigenvalue weighted by molar-refractivity contribution is 5.95. The highest BCUT2D eigenvalue weighted by Gasteiger charge is 2.51. The molecule has 25 heavy (non-hydrogen) atoms. The van der Waals surface area contributed by atoms with Crippen molar-refractivity contribution in [3.8, 4) is 0 Å². The minimum Gasteiger partial charge on any atom is -0.384 e. The van der Waals surface area contributed by atoms with Crippen molar-refractivity contribution in [1.29, 1.82) is 0 Å². The highest BCUT2D eigenvalue weighted by atomic mass is 16.5. The molecule has 2 aliphatic rings. The summed E-state index contributed by atoms with van der Waals surface area (Å²) < 4.78 is 7.28. The van der Waals surface area contributed by atoms with E-state index in [2.05, 4.69) is 5.10 Å². The van der Waals surface area contributed by atoms with E-state index in [1.807, 2.05) is 29.8 Å². The summed E-state index contributed by atoms with van der Waals surface area (Å²) >= 11 is 0. The van der Waals surface area contributed by atoms with E-state index in [1.165, 1.54) is 0 Å². The van der Waals surface area contributed by atoms with Crippen molar-refractivity contribution in [2.45, 2.75) is 33.7 Å². The molecule has 2 atom stereocenters. The highest BCUT2D eigenvalue weighted by Crippen LogP contribution is 2.43. The number of carbonyl (C=O) groups is 2. The zero-order valence-corrected chi connectivity index (χ0v) is 15.6. The molecule has 0 aliphatic carbocycles. The second kappa shape index (κ2) is 6.78. The van der Waals surface area contributed by atoms with E-state index < -0.39 is 0 Å². The van der Waals surface area contributed by atoms with E-state index in [4.69, 9.17) is 4.74 Å². The van der Waals surface area contributed by atoms with Crippen LogP contribution < -0.4 is 0 Å². The Balaban J connectivity index is 1.78. The number of fused-ring (bicyclic) bond motifs is 1. The van der Waals surface area contributed by atoms with Gasteiger partial charge in [0.2, 0.25) is 5.91 Å². The van der Waals surface area contributed by atoms with Gasteiger partial charge in [-0.05, 0) is 20.3 Å². The molecule has 0 unspecified atom stereocenters. The first-order valence-electron chi connectivity index (χ1n) is 8.98. The fourth-order valence-corrected chi connectivity index (χ4v) is 4.29. The molecule has 3 heterocycles. The third kappa shape index (κ3) is 3.17. The van der Waals surface area contributed by atoms with Crippen LogP contribution in [0, 0.1) is 18.3 Å². The van der Waals surface area contributed by atoms with Gasteiger partial charge in [0.25, 0.3) is 5.91 Å². The van der Waals surface area contributed by atoms with Crippen LogP contribution >= 0.6 is 0 Å². The maximum atomic E-state index is 13.0. The minimum atomic E-state index is -0.0279. The number of hydrogen-bond acceptors (Lipinski definition) is 4. The zero-order valence-electron chi connectivity index (χ0n) is 15.6. The Morgan fingerprint density at radius 3 is 2.68 bits per heavy atom. The summed E-state index contributed by atoms with van der Waals surface area (Å²) in [5.74, 6) is 0.405. The summed E-state index contributed by atoms with van der Waals surface area (Å²) in [5.41, 5.74) is 1.43. The number of methoxy groups -OCH3 is 1. The number of carbonyl (C=O) groups excluding carboxylic acids is 2. The van der Waals surface area contributed by atoms with Crippen LogP contribution in [0.3, 0.4) is 0 Å². The lowest BCUT2D eigenvalue weighted by Gasteiger charge is -2.42. The van der Waals surface area contributed by atoms with Crippen molar-refractivity contribution >= 4 is 11.8 Å². The molecule has 138 valence electrons. The van der Waals surface area contributed by atoms with E-state index in [-0.39, 0.29) is 23.1 Å². The van der Waals surface area contributed by atoms with Gasteiger partial charge in [0.1, 0.15) is 0 Å². The van der Waals surface area contributed by atoms with Crippen LogP contribution in [0.5, 0.6) is 0 Å². The first kappa shape index (κ1) is 17.9. The summed E-state index contributed by atoms with van der Waals surface area (Å²) in [6, 6.07) is 0. The predicted molar refractivity (Wildman–Crippen MR) is 93.2 cm³/mol. The SMILES string of the molecule is CCn1cc(C(=O)N2CC[C@@]3(COC)CN(C(C)=O)C[C@H]3C2)c(C)n1. The normalized spacial score (nSPS) is 26.0. The van der Waals surface area contributed by atoms with Gasteiger partial charge >= 0.3 is 0 Å². The second-order valence-electron chi connectivity index (χ2n) is 7.38. The number of rotatable bonds is 4. The maximum Gasteiger partial charge on any atom is 0.257 e. The summed E-state index contributed by atoms with van der Waals surface area (Å²) in [6.45, 7) is 9.69. The lowest BCUT2D eigenvalue weighted by atomic mass is 9.73. The zero-order chi connectivity index (χ0) is 18.2. The van der Waals surface area contributed by atoms with Crippen LogP contribution in [-0.4, -0.2) is 71.3 Å². The molecule has 2 aliphatic heterocycles. The van der Waals surface area contributed by atoms with Gasteiger partial charge in [-0.15, -0.1) is 0 Å². The Bertz CT molecular complexity index is 671. The van der Waals surface area contributed by atoms with Crippen LogP contribution in [0.2, 0.25) is 0 Å². The van der Waals surface area contributed by atoms with Crippen molar-refractivity contribution in [3.05, 3.63) is 17.5 Å². The molecule has 0 radical (unpaired) electrons. The molecule has 1 aromatic rings. The quantitative estimate of drug-likeness (QED) is 0.819. The van der Waals surface area contributed by atoms with Crippen LogP contribution in [-0.2, 0) is 16.1 Å². The fraction of sp³-hybridized carbons (Fsp3) is 0.722. The van der Waals surface area contributed by atoms with Gasteiger partial charge in [0, 0.05) is 64.3 Å². The molecule has 2 saturated heterocycles. The van der Waals surface area contributed by atoms with Gasteiger partial charge in [-0.2, -0.15) is 5.10 Å². The average molecular weight is 348 g/mol. The number of aromatic nitrogens is 2. The van der Waals surface area contributed by atoms with Crippen molar-refractivity contribution in [2.24, 2.45) is 11.3 Å². The maximum absolute atomic E-state index is 13.0. The Morgan fingerprint density at radius 1 is 1.36 bits per heavy atom. The Kier molecular flexibility index (Phi) is 4.86. The Hall–Kier alpha value is -1.89. The van der Waals surface area contributed by atoms with E-state index >= 15 is 0 Å². The fourth-order valence-electron chi connectivity index (χ4n) is 4.29. The number of nitrogens with zero attached hydrogens (tertiary/aromatic N) is 4. The van der Waals surface area contributed by atoms with Gasteiger partial charge < -0.3 is 14.5 Å². The summed E-state index contributed by atoms with van der Waals surface area (Å²) in [5, 5.41) is 4.39. The molecule has 7 nitrogen and oxygen atoms in total. The van der Waals surface area contributed by atoms with Crippen molar-refractivity contribution in [3.63, 3.8) is 0 Å². The van der Waals surface area contributed by atoms with Crippen LogP contribution in [0.4, 0.5) is 0 Å². The topological polar surface area (TPSA) is 67.7 Å². The van der Waals surface area contributed by atoms with Gasteiger partial charge in [0.05, 0.1) is 17.9 Å². The van der Waals surface area contributed by atoms with Crippen molar-refractivity contribution in [2.75, 3.05) is 39.9 Å². The minimum absolute atomic E-state index is 0.0279. The number of likely N-dealkylation sites (tertiary alicyclic amines) is 2. The molecule has 0 bridgehead atoms. The first-order valence-corrected chi connectivity index (χ1v) is 8.98. The average Bonchev–Trinajstić information content (AvgIpc) is 3.14. The smallest absolute Gasteiger partial charge is 0.257 e. The molecule has 0 spiro atoms. The third-order valence-corrected chi connectivity index (χ3v) is 5.80. The third-order valence-electron chi connectivity index (χ3n) is 5.80. The molecule has 1 aromatic heterocycles. The van der Waals surface area contributed by atoms with E-state index in [0.29, 0.717) is 31.8 Å². The van der Waals surface area contributed by atoms with E-state index in [0.717, 1.165) is 25.2 Å². The molecule has 3 rings (SSSR count). The largest absolute Gasteiger partial charge is 0.384 e. The number of hydrogen-bond donors (Lipinski definition) is 0. The van der Waals surface area contributed by atoms with Gasteiger partial charge in [-0.25, -0.2) is 0 Å².